The van der Waals surface area contributed by atoms with Gasteiger partial charge in [0.1, 0.15) is 0 Å². The van der Waals surface area contributed by atoms with Crippen LogP contribution in [0.2, 0.25) is 0 Å². The highest BCUT2D eigenvalue weighted by atomic mass is 16.5. The molecule has 0 heterocycles. The molecule has 1 N–H and O–H groups in total. The van der Waals surface area contributed by atoms with Gasteiger partial charge in [-0.1, -0.05) is 12.2 Å². The maximum absolute atomic E-state index is 8.96. The summed E-state index contributed by atoms with van der Waals surface area (Å²) < 4.78 is 5.23. The number of hydrogen-bond donors (Lipinski definition) is 1. The third kappa shape index (κ3) is 1.80. The highest BCUT2D eigenvalue weighted by Gasteiger charge is 2.15. The average molecular weight is 128 g/mol. The number of ether oxygens (including phenoxy) is 1. The zero-order valence-corrected chi connectivity index (χ0v) is 5.58. The van der Waals surface area contributed by atoms with Crippen molar-refractivity contribution >= 4 is 0 Å². The van der Waals surface area contributed by atoms with E-state index in [1.54, 1.807) is 6.08 Å². The summed E-state index contributed by atoms with van der Waals surface area (Å²) in [6.45, 7) is 2.68. The fourth-order valence-electron chi connectivity index (χ4n) is 0.985. The molecule has 2 unspecified atom stereocenters. The predicted octanol–water partition coefficient (Wildman–Crippen LogP) is 0.712. The largest absolute Gasteiger partial charge is 0.389 e. The van der Waals surface area contributed by atoms with Crippen LogP contribution in [-0.4, -0.2) is 23.9 Å². The molecule has 1 aliphatic rings. The molecule has 0 aromatic rings. The molecule has 2 nitrogen and oxygen atoms in total. The van der Waals surface area contributed by atoms with E-state index < -0.39 is 0 Å². The molecule has 0 amide bonds. The van der Waals surface area contributed by atoms with Crippen LogP contribution in [0.3, 0.4) is 0 Å². The maximum atomic E-state index is 8.96. The summed E-state index contributed by atoms with van der Waals surface area (Å²) in [5.41, 5.74) is 0. The van der Waals surface area contributed by atoms with Crippen molar-refractivity contribution in [1.29, 1.82) is 0 Å². The van der Waals surface area contributed by atoms with E-state index in [0.717, 1.165) is 13.0 Å². The van der Waals surface area contributed by atoms with E-state index in [0.29, 0.717) is 0 Å². The Kier molecular flexibility index (Phi) is 2.25. The Morgan fingerprint density at radius 3 is 2.89 bits per heavy atom. The van der Waals surface area contributed by atoms with Crippen molar-refractivity contribution in [3.8, 4) is 0 Å². The van der Waals surface area contributed by atoms with Crippen LogP contribution in [0.4, 0.5) is 0 Å². The van der Waals surface area contributed by atoms with E-state index in [1.807, 2.05) is 13.0 Å². The molecule has 0 aliphatic heterocycles. The first-order valence-corrected chi connectivity index (χ1v) is 3.31. The van der Waals surface area contributed by atoms with Gasteiger partial charge in [0.2, 0.25) is 0 Å². The van der Waals surface area contributed by atoms with Gasteiger partial charge in [-0.2, -0.15) is 0 Å². The lowest BCUT2D eigenvalue weighted by molar-refractivity contribution is 0.0728. The van der Waals surface area contributed by atoms with Crippen molar-refractivity contribution in [3.05, 3.63) is 12.2 Å². The van der Waals surface area contributed by atoms with Gasteiger partial charge in [0.25, 0.3) is 0 Å². The monoisotopic (exact) mass is 128 g/mol. The first kappa shape index (κ1) is 6.78. The third-order valence-electron chi connectivity index (χ3n) is 1.40. The quantitative estimate of drug-likeness (QED) is 0.555. The Morgan fingerprint density at radius 1 is 1.67 bits per heavy atom. The number of rotatable bonds is 2. The molecular formula is C7H12O2. The molecule has 52 valence electrons. The standard InChI is InChI=1S/C7H12O2/c1-2-9-7-4-3-6(8)5-7/h3-4,6-8H,2,5H2,1H3. The summed E-state index contributed by atoms with van der Waals surface area (Å²) in [6.07, 6.45) is 4.30. The normalized spacial score (nSPS) is 33.6. The number of aliphatic hydroxyl groups is 1. The molecule has 2 atom stereocenters. The van der Waals surface area contributed by atoms with Crippen molar-refractivity contribution < 1.29 is 9.84 Å². The lowest BCUT2D eigenvalue weighted by Crippen LogP contribution is -2.10. The van der Waals surface area contributed by atoms with E-state index in [9.17, 15) is 0 Å². The summed E-state index contributed by atoms with van der Waals surface area (Å²) >= 11 is 0. The third-order valence-corrected chi connectivity index (χ3v) is 1.40. The summed E-state index contributed by atoms with van der Waals surface area (Å²) in [6, 6.07) is 0. The van der Waals surface area contributed by atoms with E-state index in [2.05, 4.69) is 0 Å². The van der Waals surface area contributed by atoms with Crippen molar-refractivity contribution in [3.63, 3.8) is 0 Å². The first-order valence-electron chi connectivity index (χ1n) is 3.31. The molecule has 0 bridgehead atoms. The summed E-state index contributed by atoms with van der Waals surface area (Å²) in [5, 5.41) is 8.96. The van der Waals surface area contributed by atoms with Gasteiger partial charge in [-0.15, -0.1) is 0 Å². The minimum Gasteiger partial charge on any atom is -0.389 e. The molecule has 0 fully saturated rings. The Balaban J connectivity index is 2.24. The molecule has 0 saturated carbocycles. The fourth-order valence-corrected chi connectivity index (χ4v) is 0.985. The molecule has 1 aliphatic carbocycles. The van der Waals surface area contributed by atoms with Crippen molar-refractivity contribution in [2.45, 2.75) is 25.6 Å². The van der Waals surface area contributed by atoms with E-state index in [-0.39, 0.29) is 12.2 Å². The summed E-state index contributed by atoms with van der Waals surface area (Å²) in [7, 11) is 0. The van der Waals surface area contributed by atoms with Crippen LogP contribution in [0, 0.1) is 0 Å². The molecule has 0 saturated heterocycles. The lowest BCUT2D eigenvalue weighted by atomic mass is 10.3. The fraction of sp³-hybridized carbons (Fsp3) is 0.714. The molecule has 0 radical (unpaired) electrons. The molecule has 9 heavy (non-hydrogen) atoms. The molecule has 1 rings (SSSR count). The topological polar surface area (TPSA) is 29.5 Å². The summed E-state index contributed by atoms with van der Waals surface area (Å²) in [5.74, 6) is 0. The SMILES string of the molecule is CCOC1C=CC(O)C1. The van der Waals surface area contributed by atoms with Gasteiger partial charge < -0.3 is 9.84 Å². The Hall–Kier alpha value is -0.340. The van der Waals surface area contributed by atoms with Crippen molar-refractivity contribution in [2.75, 3.05) is 6.61 Å². The average Bonchev–Trinajstić information content (AvgIpc) is 2.17. The highest BCUT2D eigenvalue weighted by Crippen LogP contribution is 2.12. The maximum Gasteiger partial charge on any atom is 0.0784 e. The number of hydrogen-bond acceptors (Lipinski definition) is 2. The van der Waals surface area contributed by atoms with Gasteiger partial charge in [0.05, 0.1) is 12.2 Å². The van der Waals surface area contributed by atoms with Gasteiger partial charge in [-0.25, -0.2) is 0 Å². The molecule has 0 aromatic heterocycles. The highest BCUT2D eigenvalue weighted by molar-refractivity contribution is 5.03. The van der Waals surface area contributed by atoms with Crippen LogP contribution in [0.1, 0.15) is 13.3 Å². The Bertz CT molecular complexity index is 109. The van der Waals surface area contributed by atoms with Crippen LogP contribution < -0.4 is 0 Å². The van der Waals surface area contributed by atoms with Crippen molar-refractivity contribution in [2.24, 2.45) is 0 Å². The summed E-state index contributed by atoms with van der Waals surface area (Å²) in [4.78, 5) is 0. The van der Waals surface area contributed by atoms with Gasteiger partial charge in [-0.05, 0) is 6.92 Å². The van der Waals surface area contributed by atoms with Crippen LogP contribution in [-0.2, 0) is 4.74 Å². The van der Waals surface area contributed by atoms with Gasteiger partial charge in [0.15, 0.2) is 0 Å². The first-order chi connectivity index (χ1) is 4.33. The minimum atomic E-state index is -0.276. The number of aliphatic hydroxyl groups excluding tert-OH is 1. The van der Waals surface area contributed by atoms with Crippen molar-refractivity contribution in [1.82, 2.24) is 0 Å². The van der Waals surface area contributed by atoms with Gasteiger partial charge >= 0.3 is 0 Å². The van der Waals surface area contributed by atoms with Gasteiger partial charge in [-0.3, -0.25) is 0 Å². The second-order valence-corrected chi connectivity index (χ2v) is 2.18. The molecule has 2 heteroatoms. The van der Waals surface area contributed by atoms with Crippen LogP contribution in [0.25, 0.3) is 0 Å². The van der Waals surface area contributed by atoms with Crippen LogP contribution in [0.15, 0.2) is 12.2 Å². The Morgan fingerprint density at radius 2 is 2.44 bits per heavy atom. The molecular weight excluding hydrogens is 116 g/mol. The van der Waals surface area contributed by atoms with E-state index in [4.69, 9.17) is 9.84 Å². The van der Waals surface area contributed by atoms with E-state index >= 15 is 0 Å². The minimum absolute atomic E-state index is 0.157. The smallest absolute Gasteiger partial charge is 0.0784 e. The zero-order valence-electron chi connectivity index (χ0n) is 5.58. The molecule has 0 aromatic carbocycles. The zero-order chi connectivity index (χ0) is 6.69. The Labute approximate surface area is 55.1 Å². The van der Waals surface area contributed by atoms with E-state index in [1.165, 1.54) is 0 Å². The second-order valence-electron chi connectivity index (χ2n) is 2.18. The second kappa shape index (κ2) is 2.99. The van der Waals surface area contributed by atoms with Crippen LogP contribution >= 0.6 is 0 Å². The molecule has 0 spiro atoms. The van der Waals surface area contributed by atoms with Crippen LogP contribution in [0.5, 0.6) is 0 Å². The predicted molar refractivity (Wildman–Crippen MR) is 35.2 cm³/mol. The lowest BCUT2D eigenvalue weighted by Gasteiger charge is -2.06. The van der Waals surface area contributed by atoms with Gasteiger partial charge in [0, 0.05) is 13.0 Å².